The van der Waals surface area contributed by atoms with Crippen LogP contribution >= 0.6 is 23.2 Å². The van der Waals surface area contributed by atoms with Crippen LogP contribution in [0.2, 0.25) is 0 Å². The Balaban J connectivity index is 1.84. The Morgan fingerprint density at radius 3 is 2.70 bits per heavy atom. The number of hydrogen-bond acceptors (Lipinski definition) is 4. The third kappa shape index (κ3) is 3.79. The average molecular weight is 452 g/mol. The van der Waals surface area contributed by atoms with Crippen LogP contribution in [0.15, 0.2) is 32.8 Å². The standard InChI is InChI=1S/C21H27Cl2N5O2/c1-13-6-5-9-27(10-13)12-17-24-19-18(20(29)26(3)21(30)25(19)2)28(17)11-14-15(22)7-4-8-16(14)23/h4,7-8,13-15H,5-6,9-12H2,1-3H3/t13-,14-,15-/m1/s1. The molecular weight excluding hydrogens is 425 g/mol. The molecule has 3 heterocycles. The molecule has 4 rings (SSSR count). The van der Waals surface area contributed by atoms with Gasteiger partial charge in [-0.25, -0.2) is 9.78 Å². The van der Waals surface area contributed by atoms with Crippen LogP contribution in [0.25, 0.3) is 11.2 Å². The molecule has 0 spiro atoms. The van der Waals surface area contributed by atoms with Crippen LogP contribution in [-0.2, 0) is 27.2 Å². The van der Waals surface area contributed by atoms with E-state index in [4.69, 9.17) is 28.2 Å². The lowest BCUT2D eigenvalue weighted by Gasteiger charge is -2.31. The molecule has 0 saturated carbocycles. The average Bonchev–Trinajstić information content (AvgIpc) is 3.05. The second kappa shape index (κ2) is 8.36. The molecule has 0 aromatic carbocycles. The van der Waals surface area contributed by atoms with Crippen molar-refractivity contribution < 1.29 is 0 Å². The maximum absolute atomic E-state index is 13.1. The first-order valence-corrected chi connectivity index (χ1v) is 11.1. The lowest BCUT2D eigenvalue weighted by atomic mass is 9.99. The SMILES string of the molecule is C[C@@H]1CCCN(Cc2nc3c(c(=O)n(C)c(=O)n3C)n2C[C@H]2C(Cl)=CC=C[C@H]2Cl)C1. The van der Waals surface area contributed by atoms with Gasteiger partial charge in [0.1, 0.15) is 5.82 Å². The first kappa shape index (κ1) is 21.4. The molecule has 1 fully saturated rings. The Morgan fingerprint density at radius 2 is 2.00 bits per heavy atom. The van der Waals surface area contributed by atoms with E-state index in [-0.39, 0.29) is 22.5 Å². The number of aromatic nitrogens is 4. The van der Waals surface area contributed by atoms with Gasteiger partial charge in [-0.2, -0.15) is 0 Å². The summed E-state index contributed by atoms with van der Waals surface area (Å²) in [7, 11) is 3.14. The molecule has 0 N–H and O–H groups in total. The zero-order valence-electron chi connectivity index (χ0n) is 17.5. The van der Waals surface area contributed by atoms with Gasteiger partial charge < -0.3 is 4.57 Å². The maximum Gasteiger partial charge on any atom is 0.332 e. The lowest BCUT2D eigenvalue weighted by molar-refractivity contribution is 0.171. The molecule has 1 aliphatic carbocycles. The molecule has 2 aromatic rings. The number of halogens is 2. The van der Waals surface area contributed by atoms with E-state index in [9.17, 15) is 9.59 Å². The molecule has 9 heteroatoms. The Morgan fingerprint density at radius 1 is 1.23 bits per heavy atom. The summed E-state index contributed by atoms with van der Waals surface area (Å²) in [5.74, 6) is 1.22. The minimum absolute atomic E-state index is 0.170. The minimum atomic E-state index is -0.385. The van der Waals surface area contributed by atoms with Crippen molar-refractivity contribution in [2.75, 3.05) is 13.1 Å². The summed E-state index contributed by atoms with van der Waals surface area (Å²) < 4.78 is 4.49. The van der Waals surface area contributed by atoms with E-state index in [1.54, 1.807) is 7.05 Å². The Hall–Kier alpha value is -1.83. The number of nitrogens with zero attached hydrogens (tertiary/aromatic N) is 5. The Labute approximate surface area is 185 Å². The molecule has 7 nitrogen and oxygen atoms in total. The summed E-state index contributed by atoms with van der Waals surface area (Å²) in [5.41, 5.74) is 0.0868. The summed E-state index contributed by atoms with van der Waals surface area (Å²) in [6.07, 6.45) is 7.96. The van der Waals surface area contributed by atoms with Gasteiger partial charge in [-0.3, -0.25) is 18.8 Å². The smallest absolute Gasteiger partial charge is 0.320 e. The van der Waals surface area contributed by atoms with Crippen molar-refractivity contribution in [3.05, 3.63) is 49.9 Å². The van der Waals surface area contributed by atoms with Crippen LogP contribution in [0.1, 0.15) is 25.6 Å². The molecule has 0 bridgehead atoms. The highest BCUT2D eigenvalue weighted by Gasteiger charge is 2.28. The van der Waals surface area contributed by atoms with Gasteiger partial charge in [-0.1, -0.05) is 30.7 Å². The van der Waals surface area contributed by atoms with E-state index in [0.717, 1.165) is 29.9 Å². The quantitative estimate of drug-likeness (QED) is 0.669. The van der Waals surface area contributed by atoms with Gasteiger partial charge in [0, 0.05) is 38.1 Å². The second-order valence-electron chi connectivity index (χ2n) is 8.49. The van der Waals surface area contributed by atoms with E-state index < -0.39 is 0 Å². The van der Waals surface area contributed by atoms with Crippen molar-refractivity contribution in [1.29, 1.82) is 0 Å². The highest BCUT2D eigenvalue weighted by molar-refractivity contribution is 6.31. The van der Waals surface area contributed by atoms with Gasteiger partial charge in [-0.05, 0) is 31.4 Å². The van der Waals surface area contributed by atoms with E-state index in [1.807, 2.05) is 22.8 Å². The van der Waals surface area contributed by atoms with Crippen molar-refractivity contribution in [3.8, 4) is 0 Å². The zero-order chi connectivity index (χ0) is 21.6. The fourth-order valence-corrected chi connectivity index (χ4v) is 5.13. The number of hydrogen-bond donors (Lipinski definition) is 0. The number of allylic oxidation sites excluding steroid dienone is 4. The van der Waals surface area contributed by atoms with Gasteiger partial charge in [0.05, 0.1) is 11.9 Å². The monoisotopic (exact) mass is 451 g/mol. The summed E-state index contributed by atoms with van der Waals surface area (Å²) >= 11 is 13.0. The summed E-state index contributed by atoms with van der Waals surface area (Å²) in [6, 6.07) is 0. The topological polar surface area (TPSA) is 65.1 Å². The highest BCUT2D eigenvalue weighted by atomic mass is 35.5. The van der Waals surface area contributed by atoms with Crippen LogP contribution < -0.4 is 11.2 Å². The van der Waals surface area contributed by atoms with Crippen LogP contribution in [0.4, 0.5) is 0 Å². The van der Waals surface area contributed by atoms with Crippen molar-refractivity contribution in [2.45, 2.75) is 38.2 Å². The number of likely N-dealkylation sites (tertiary alicyclic amines) is 1. The fraction of sp³-hybridized carbons (Fsp3) is 0.571. The van der Waals surface area contributed by atoms with Gasteiger partial charge in [0.2, 0.25) is 0 Å². The van der Waals surface area contributed by atoms with E-state index in [0.29, 0.717) is 35.2 Å². The molecule has 1 aliphatic heterocycles. The van der Waals surface area contributed by atoms with E-state index in [1.165, 1.54) is 18.0 Å². The first-order chi connectivity index (χ1) is 14.3. The summed E-state index contributed by atoms with van der Waals surface area (Å²) in [6.45, 7) is 5.29. The molecule has 2 aliphatic rings. The highest BCUT2D eigenvalue weighted by Crippen LogP contribution is 2.31. The van der Waals surface area contributed by atoms with Crippen LogP contribution in [-0.4, -0.2) is 42.1 Å². The van der Waals surface area contributed by atoms with Gasteiger partial charge in [-0.15, -0.1) is 11.6 Å². The first-order valence-electron chi connectivity index (χ1n) is 10.3. The summed E-state index contributed by atoms with van der Waals surface area (Å²) in [4.78, 5) is 32.6. The molecule has 1 saturated heterocycles. The second-order valence-corrected chi connectivity index (χ2v) is 9.43. The van der Waals surface area contributed by atoms with Crippen molar-refractivity contribution in [1.82, 2.24) is 23.6 Å². The predicted molar refractivity (Wildman–Crippen MR) is 120 cm³/mol. The van der Waals surface area contributed by atoms with Crippen molar-refractivity contribution >= 4 is 34.4 Å². The van der Waals surface area contributed by atoms with E-state index >= 15 is 0 Å². The maximum atomic E-state index is 13.1. The van der Waals surface area contributed by atoms with Gasteiger partial charge in [0.25, 0.3) is 5.56 Å². The molecule has 0 amide bonds. The molecule has 0 unspecified atom stereocenters. The van der Waals surface area contributed by atoms with Gasteiger partial charge >= 0.3 is 5.69 Å². The van der Waals surface area contributed by atoms with Crippen LogP contribution in [0.5, 0.6) is 0 Å². The number of alkyl halides is 1. The lowest BCUT2D eigenvalue weighted by Crippen LogP contribution is -2.38. The molecule has 30 heavy (non-hydrogen) atoms. The molecule has 3 atom stereocenters. The number of piperidine rings is 1. The number of rotatable bonds is 4. The summed E-state index contributed by atoms with van der Waals surface area (Å²) in [5, 5.41) is 0.373. The Bertz CT molecular complexity index is 1140. The molecule has 0 radical (unpaired) electrons. The number of aryl methyl sites for hydroxylation is 1. The van der Waals surface area contributed by atoms with Crippen molar-refractivity contribution in [3.63, 3.8) is 0 Å². The van der Waals surface area contributed by atoms with Crippen molar-refractivity contribution in [2.24, 2.45) is 25.9 Å². The third-order valence-corrected chi connectivity index (χ3v) is 7.06. The number of fused-ring (bicyclic) bond motifs is 1. The molecular formula is C21H27Cl2N5O2. The molecule has 162 valence electrons. The molecule has 2 aromatic heterocycles. The van der Waals surface area contributed by atoms with E-state index in [2.05, 4.69) is 11.8 Å². The minimum Gasteiger partial charge on any atom is -0.320 e. The fourth-order valence-electron chi connectivity index (χ4n) is 4.49. The normalized spacial score (nSPS) is 25.1. The van der Waals surface area contributed by atoms with Crippen LogP contribution in [0, 0.1) is 11.8 Å². The Kier molecular flexibility index (Phi) is 5.97. The largest absolute Gasteiger partial charge is 0.332 e. The third-order valence-electron chi connectivity index (χ3n) is 6.20. The van der Waals surface area contributed by atoms with Gasteiger partial charge in [0.15, 0.2) is 11.2 Å². The van der Waals surface area contributed by atoms with Crippen LogP contribution in [0.3, 0.4) is 0 Å². The predicted octanol–water partition coefficient (Wildman–Crippen LogP) is 2.58. The number of imidazole rings is 1. The zero-order valence-corrected chi connectivity index (χ0v) is 19.0.